The number of amides is 1. The maximum Gasteiger partial charge on any atom is 0.407 e. The van der Waals surface area contributed by atoms with Crippen LogP contribution in [0.4, 0.5) is 4.79 Å². The normalized spacial score (nSPS) is 41.5. The summed E-state index contributed by atoms with van der Waals surface area (Å²) >= 11 is 0. The van der Waals surface area contributed by atoms with Gasteiger partial charge in [0.2, 0.25) is 0 Å². The average molecular weight is 330 g/mol. The minimum atomic E-state index is -0.824. The average Bonchev–Trinajstić information content (AvgIpc) is 2.93. The molecule has 0 aromatic carbocycles. The summed E-state index contributed by atoms with van der Waals surface area (Å²) < 4.78 is 28.8. The van der Waals surface area contributed by atoms with Gasteiger partial charge >= 0.3 is 6.09 Å². The molecular weight excluding hydrogens is 304 g/mol. The third-order valence-electron chi connectivity index (χ3n) is 4.11. The van der Waals surface area contributed by atoms with Gasteiger partial charge in [0, 0.05) is 0 Å². The lowest BCUT2D eigenvalue weighted by Crippen LogP contribution is -2.65. The fourth-order valence-corrected chi connectivity index (χ4v) is 3.22. The number of hydrogen-bond donors (Lipinski definition) is 2. The van der Waals surface area contributed by atoms with E-state index in [1.54, 1.807) is 0 Å². The van der Waals surface area contributed by atoms with Crippen molar-refractivity contribution in [2.75, 3.05) is 13.2 Å². The zero-order valence-corrected chi connectivity index (χ0v) is 14.3. The summed E-state index contributed by atoms with van der Waals surface area (Å²) in [5.74, 6) is -0.750. The minimum Gasteiger partial charge on any atom is -0.444 e. The molecule has 1 amide bonds. The van der Waals surface area contributed by atoms with Crippen LogP contribution in [0.15, 0.2) is 0 Å². The largest absolute Gasteiger partial charge is 0.444 e. The number of rotatable bonds is 2. The molecule has 0 radical (unpaired) electrons. The topological polar surface area (TPSA) is 101 Å². The Balaban J connectivity index is 1.71. The van der Waals surface area contributed by atoms with E-state index in [0.29, 0.717) is 0 Å². The first-order valence-electron chi connectivity index (χ1n) is 7.89. The molecule has 132 valence electrons. The number of alkyl carbamates (subject to hydrolysis) is 1. The molecule has 3 aliphatic heterocycles. The molecule has 3 N–H and O–H groups in total. The zero-order chi connectivity index (χ0) is 17.0. The van der Waals surface area contributed by atoms with Crippen LogP contribution in [0.2, 0.25) is 0 Å². The lowest BCUT2D eigenvalue weighted by atomic mass is 9.88. The molecular formula is C15H26N2O6. The highest BCUT2D eigenvalue weighted by molar-refractivity contribution is 5.67. The summed E-state index contributed by atoms with van der Waals surface area (Å²) in [5, 5.41) is 2.74. The van der Waals surface area contributed by atoms with Gasteiger partial charge in [-0.05, 0) is 34.6 Å². The first kappa shape index (κ1) is 16.9. The molecule has 8 nitrogen and oxygen atoms in total. The monoisotopic (exact) mass is 330 g/mol. The third kappa shape index (κ3) is 3.18. The number of carbonyl (C=O) groups excluding carboxylic acids is 1. The molecule has 8 heteroatoms. The van der Waals surface area contributed by atoms with Gasteiger partial charge in [-0.1, -0.05) is 0 Å². The molecule has 2 bridgehead atoms. The summed E-state index contributed by atoms with van der Waals surface area (Å²) in [7, 11) is 0. The molecule has 3 heterocycles. The first-order chi connectivity index (χ1) is 10.5. The predicted molar refractivity (Wildman–Crippen MR) is 79.6 cm³/mol. The fourth-order valence-electron chi connectivity index (χ4n) is 3.22. The van der Waals surface area contributed by atoms with Crippen molar-refractivity contribution in [3.8, 4) is 0 Å². The number of hydrogen-bond acceptors (Lipinski definition) is 7. The van der Waals surface area contributed by atoms with Gasteiger partial charge in [0.05, 0.1) is 19.2 Å². The Bertz CT molecular complexity index is 491. The Labute approximate surface area is 135 Å². The van der Waals surface area contributed by atoms with Crippen molar-refractivity contribution >= 4 is 6.09 Å². The Morgan fingerprint density at radius 3 is 2.65 bits per heavy atom. The van der Waals surface area contributed by atoms with Crippen LogP contribution in [0.5, 0.6) is 0 Å². The molecule has 3 rings (SSSR count). The van der Waals surface area contributed by atoms with Gasteiger partial charge in [0.25, 0.3) is 0 Å². The second-order valence-corrected chi connectivity index (χ2v) is 7.82. The lowest BCUT2D eigenvalue weighted by molar-refractivity contribution is -0.190. The van der Waals surface area contributed by atoms with Crippen molar-refractivity contribution < 1.29 is 28.5 Å². The number of ether oxygens (including phenoxy) is 5. The van der Waals surface area contributed by atoms with Gasteiger partial charge in [-0.3, -0.25) is 0 Å². The maximum atomic E-state index is 11.9. The van der Waals surface area contributed by atoms with Crippen LogP contribution < -0.4 is 11.1 Å². The van der Waals surface area contributed by atoms with E-state index in [1.165, 1.54) is 0 Å². The third-order valence-corrected chi connectivity index (χ3v) is 4.11. The molecule has 3 fully saturated rings. The summed E-state index contributed by atoms with van der Waals surface area (Å²) in [6.45, 7) is 9.57. The van der Waals surface area contributed by atoms with Crippen LogP contribution in [-0.4, -0.2) is 60.8 Å². The van der Waals surface area contributed by atoms with Crippen LogP contribution >= 0.6 is 0 Å². The molecule has 0 aromatic heterocycles. The molecule has 0 aliphatic carbocycles. The summed E-state index contributed by atoms with van der Waals surface area (Å²) in [5.41, 5.74) is 4.76. The molecule has 0 spiro atoms. The Morgan fingerprint density at radius 2 is 2.00 bits per heavy atom. The van der Waals surface area contributed by atoms with Crippen molar-refractivity contribution in [2.24, 2.45) is 5.73 Å². The van der Waals surface area contributed by atoms with E-state index in [2.05, 4.69) is 5.32 Å². The van der Waals surface area contributed by atoms with Crippen LogP contribution in [0.25, 0.3) is 0 Å². The van der Waals surface area contributed by atoms with E-state index in [9.17, 15) is 4.79 Å². The van der Waals surface area contributed by atoms with Gasteiger partial charge in [0.1, 0.15) is 23.4 Å². The highest BCUT2D eigenvalue weighted by Gasteiger charge is 2.65. The summed E-state index contributed by atoms with van der Waals surface area (Å²) in [6, 6.07) is -0.432. The van der Waals surface area contributed by atoms with Gasteiger partial charge < -0.3 is 34.7 Å². The molecule has 23 heavy (non-hydrogen) atoms. The molecule has 0 saturated carbocycles. The predicted octanol–water partition coefficient (Wildman–Crippen LogP) is 0.484. The molecule has 3 aliphatic rings. The van der Waals surface area contributed by atoms with E-state index in [4.69, 9.17) is 29.4 Å². The van der Waals surface area contributed by atoms with Crippen LogP contribution in [0, 0.1) is 0 Å². The van der Waals surface area contributed by atoms with Gasteiger partial charge in [-0.2, -0.15) is 0 Å². The Hall–Kier alpha value is -0.930. The number of carbonyl (C=O) groups is 1. The highest BCUT2D eigenvalue weighted by Crippen LogP contribution is 2.45. The van der Waals surface area contributed by atoms with E-state index in [0.717, 1.165) is 0 Å². The summed E-state index contributed by atoms with van der Waals surface area (Å²) in [6.07, 6.45) is -1.83. The number of nitrogens with two attached hydrogens (primary N) is 1. The molecule has 5 atom stereocenters. The van der Waals surface area contributed by atoms with Gasteiger partial charge in [0.15, 0.2) is 12.1 Å². The molecule has 3 saturated heterocycles. The Kier molecular flexibility index (Phi) is 3.89. The van der Waals surface area contributed by atoms with E-state index < -0.39 is 41.5 Å². The second-order valence-electron chi connectivity index (χ2n) is 7.82. The first-order valence-corrected chi connectivity index (χ1v) is 7.89. The van der Waals surface area contributed by atoms with Crippen molar-refractivity contribution in [1.82, 2.24) is 5.32 Å². The minimum absolute atomic E-state index is 0.200. The van der Waals surface area contributed by atoms with E-state index in [-0.39, 0.29) is 19.3 Å². The number of fused-ring (bicyclic) bond motifs is 4. The fraction of sp³-hybridized carbons (Fsp3) is 0.933. The van der Waals surface area contributed by atoms with Crippen molar-refractivity contribution in [2.45, 2.75) is 76.1 Å². The standard InChI is InChI=1S/C15H26N2O6/c1-13(2,3)23-12(18)17-6-15-7-19-11(22-15)8(16)9-10(15)21-14(4,5)20-9/h8-11H,6-7,16H2,1-5H3,(H,17,18)/t8-,9?,10?,11?,15?/m1/s1. The summed E-state index contributed by atoms with van der Waals surface area (Å²) in [4.78, 5) is 11.9. The quantitative estimate of drug-likeness (QED) is 0.759. The lowest BCUT2D eigenvalue weighted by Gasteiger charge is -2.41. The Morgan fingerprint density at radius 1 is 1.30 bits per heavy atom. The SMILES string of the molecule is CC(C)(C)OC(=O)NCC12COC(O1)[C@H](N)C1OC(C)(C)OC12. The van der Waals surface area contributed by atoms with Crippen molar-refractivity contribution in [3.05, 3.63) is 0 Å². The van der Waals surface area contributed by atoms with Crippen LogP contribution in [0.1, 0.15) is 34.6 Å². The molecule has 4 unspecified atom stereocenters. The smallest absolute Gasteiger partial charge is 0.407 e. The van der Waals surface area contributed by atoms with Crippen LogP contribution in [0.3, 0.4) is 0 Å². The van der Waals surface area contributed by atoms with Crippen molar-refractivity contribution in [3.63, 3.8) is 0 Å². The number of nitrogens with one attached hydrogen (secondary N) is 1. The van der Waals surface area contributed by atoms with E-state index >= 15 is 0 Å². The van der Waals surface area contributed by atoms with Crippen LogP contribution in [-0.2, 0) is 23.7 Å². The van der Waals surface area contributed by atoms with Gasteiger partial charge in [-0.25, -0.2) is 4.79 Å². The zero-order valence-electron chi connectivity index (χ0n) is 14.3. The van der Waals surface area contributed by atoms with Crippen molar-refractivity contribution in [1.29, 1.82) is 0 Å². The van der Waals surface area contributed by atoms with Gasteiger partial charge in [-0.15, -0.1) is 0 Å². The molecule has 0 aromatic rings. The maximum absolute atomic E-state index is 11.9. The highest BCUT2D eigenvalue weighted by atomic mass is 16.8. The van der Waals surface area contributed by atoms with E-state index in [1.807, 2.05) is 34.6 Å². The second kappa shape index (κ2) is 5.29.